The van der Waals surface area contributed by atoms with E-state index in [1.165, 1.54) is 29.8 Å². The molecule has 0 N–H and O–H groups in total. The summed E-state index contributed by atoms with van der Waals surface area (Å²) in [5.74, 6) is 0.284. The van der Waals surface area contributed by atoms with Gasteiger partial charge in [0.25, 0.3) is 0 Å². The van der Waals surface area contributed by atoms with Crippen LogP contribution < -0.4 is 0 Å². The maximum absolute atomic E-state index is 12.0. The summed E-state index contributed by atoms with van der Waals surface area (Å²) in [5, 5.41) is 0. The highest BCUT2D eigenvalue weighted by Gasteiger charge is 2.19. The van der Waals surface area contributed by atoms with E-state index >= 15 is 0 Å². The molecule has 16 heavy (non-hydrogen) atoms. The number of amides is 1. The van der Waals surface area contributed by atoms with Crippen molar-refractivity contribution in [1.82, 2.24) is 9.47 Å². The third kappa shape index (κ3) is 1.99. The molecule has 1 aromatic heterocycles. The van der Waals surface area contributed by atoms with Gasteiger partial charge in [0, 0.05) is 31.5 Å². The Morgan fingerprint density at radius 2 is 1.94 bits per heavy atom. The number of carbonyl (C=O) groups excluding carboxylic acids is 1. The third-order valence-corrected chi connectivity index (χ3v) is 3.68. The summed E-state index contributed by atoms with van der Waals surface area (Å²) in [7, 11) is 2.05. The maximum Gasteiger partial charge on any atom is 0.227 e. The molecule has 0 unspecified atom stereocenters. The zero-order valence-electron chi connectivity index (χ0n) is 10.4. The van der Waals surface area contributed by atoms with Crippen LogP contribution in [0.4, 0.5) is 0 Å². The van der Waals surface area contributed by atoms with E-state index in [4.69, 9.17) is 0 Å². The van der Waals surface area contributed by atoms with Crippen LogP contribution in [0.5, 0.6) is 0 Å². The molecular weight excluding hydrogens is 200 g/mol. The van der Waals surface area contributed by atoms with Gasteiger partial charge in [0.1, 0.15) is 0 Å². The smallest absolute Gasteiger partial charge is 0.227 e. The Hall–Kier alpha value is -1.25. The number of nitrogens with zero attached hydrogens (tertiary/aromatic N) is 2. The number of carbonyl (C=O) groups is 1. The van der Waals surface area contributed by atoms with Crippen LogP contribution in [0.2, 0.25) is 0 Å². The van der Waals surface area contributed by atoms with E-state index < -0.39 is 0 Å². The first-order valence-electron chi connectivity index (χ1n) is 5.99. The molecule has 0 aromatic carbocycles. The van der Waals surface area contributed by atoms with Crippen molar-refractivity contribution in [3.63, 3.8) is 0 Å². The van der Waals surface area contributed by atoms with Crippen LogP contribution in [0.1, 0.15) is 29.8 Å². The fourth-order valence-electron chi connectivity index (χ4n) is 2.35. The highest BCUT2D eigenvalue weighted by atomic mass is 16.2. The molecule has 0 spiro atoms. The van der Waals surface area contributed by atoms with Crippen LogP contribution in [-0.2, 0) is 18.3 Å². The van der Waals surface area contributed by atoms with Crippen molar-refractivity contribution < 1.29 is 4.79 Å². The van der Waals surface area contributed by atoms with E-state index in [-0.39, 0.29) is 5.91 Å². The minimum atomic E-state index is 0.284. The van der Waals surface area contributed by atoms with Crippen molar-refractivity contribution in [2.75, 3.05) is 13.1 Å². The van der Waals surface area contributed by atoms with E-state index in [1.54, 1.807) is 0 Å². The van der Waals surface area contributed by atoms with Crippen molar-refractivity contribution in [2.24, 2.45) is 7.05 Å². The fraction of sp³-hybridized carbons (Fsp3) is 0.615. The van der Waals surface area contributed by atoms with Crippen molar-refractivity contribution >= 4 is 5.91 Å². The predicted molar refractivity (Wildman–Crippen MR) is 64.4 cm³/mol. The molecule has 2 rings (SSSR count). The van der Waals surface area contributed by atoms with Gasteiger partial charge in [-0.15, -0.1) is 0 Å². The lowest BCUT2D eigenvalue weighted by Crippen LogP contribution is -2.29. The molecule has 1 amide bonds. The number of likely N-dealkylation sites (tertiary alicyclic amines) is 1. The number of hydrogen-bond acceptors (Lipinski definition) is 1. The number of aromatic nitrogens is 1. The van der Waals surface area contributed by atoms with E-state index in [0.29, 0.717) is 6.42 Å². The molecule has 3 heteroatoms. The lowest BCUT2D eigenvalue weighted by atomic mass is 10.1. The van der Waals surface area contributed by atoms with E-state index in [1.807, 2.05) is 4.90 Å². The molecule has 0 radical (unpaired) electrons. The zero-order chi connectivity index (χ0) is 11.7. The Balaban J connectivity index is 2.08. The molecule has 1 aliphatic rings. The summed E-state index contributed by atoms with van der Waals surface area (Å²) in [6.45, 7) is 6.06. The van der Waals surface area contributed by atoms with Crippen molar-refractivity contribution in [2.45, 2.75) is 33.1 Å². The normalized spacial score (nSPS) is 15.8. The first-order valence-corrected chi connectivity index (χ1v) is 5.99. The van der Waals surface area contributed by atoms with Crippen LogP contribution in [0, 0.1) is 13.8 Å². The van der Waals surface area contributed by atoms with Crippen LogP contribution >= 0.6 is 0 Å². The molecule has 1 fully saturated rings. The molecule has 0 bridgehead atoms. The van der Waals surface area contributed by atoms with E-state index in [2.05, 4.69) is 31.5 Å². The van der Waals surface area contributed by atoms with Gasteiger partial charge in [-0.3, -0.25) is 4.79 Å². The Bertz CT molecular complexity index is 400. The summed E-state index contributed by atoms with van der Waals surface area (Å²) in [6.07, 6.45) is 2.89. The highest BCUT2D eigenvalue weighted by molar-refractivity contribution is 5.79. The molecule has 0 saturated carbocycles. The number of hydrogen-bond donors (Lipinski definition) is 0. The minimum Gasteiger partial charge on any atom is -0.352 e. The molecular formula is C13H20N2O. The van der Waals surface area contributed by atoms with Gasteiger partial charge in [-0.1, -0.05) is 0 Å². The second-order valence-corrected chi connectivity index (χ2v) is 4.72. The van der Waals surface area contributed by atoms with Gasteiger partial charge in [0.05, 0.1) is 6.42 Å². The molecule has 0 atom stereocenters. The van der Waals surface area contributed by atoms with Gasteiger partial charge in [0.2, 0.25) is 5.91 Å². The van der Waals surface area contributed by atoms with Crippen molar-refractivity contribution in [3.8, 4) is 0 Å². The Morgan fingerprint density at radius 3 is 2.44 bits per heavy atom. The molecule has 88 valence electrons. The van der Waals surface area contributed by atoms with Crippen molar-refractivity contribution in [3.05, 3.63) is 23.0 Å². The molecule has 0 aliphatic carbocycles. The summed E-state index contributed by atoms with van der Waals surface area (Å²) < 4.78 is 2.15. The summed E-state index contributed by atoms with van der Waals surface area (Å²) in [6, 6.07) is 2.13. The van der Waals surface area contributed by atoms with Gasteiger partial charge < -0.3 is 9.47 Å². The minimum absolute atomic E-state index is 0.284. The monoisotopic (exact) mass is 220 g/mol. The van der Waals surface area contributed by atoms with Crippen LogP contribution in [0.3, 0.4) is 0 Å². The van der Waals surface area contributed by atoms with Crippen LogP contribution in [0.25, 0.3) is 0 Å². The van der Waals surface area contributed by atoms with Gasteiger partial charge in [0.15, 0.2) is 0 Å². The third-order valence-electron chi connectivity index (χ3n) is 3.68. The van der Waals surface area contributed by atoms with Crippen LogP contribution in [0.15, 0.2) is 6.07 Å². The molecule has 3 nitrogen and oxygen atoms in total. The summed E-state index contributed by atoms with van der Waals surface area (Å²) in [4.78, 5) is 14.0. The molecule has 2 heterocycles. The average Bonchev–Trinajstić information content (AvgIpc) is 2.85. The lowest BCUT2D eigenvalue weighted by molar-refractivity contribution is -0.129. The average molecular weight is 220 g/mol. The summed E-state index contributed by atoms with van der Waals surface area (Å²) in [5.41, 5.74) is 3.61. The molecule has 1 aliphatic heterocycles. The second-order valence-electron chi connectivity index (χ2n) is 4.72. The lowest BCUT2D eigenvalue weighted by Gasteiger charge is -2.14. The predicted octanol–water partition coefficient (Wildman–Crippen LogP) is 1.81. The standard InChI is InChI=1S/C13H20N2O/c1-10-8-12(11(2)14(10)3)9-13(16)15-6-4-5-7-15/h8H,4-7,9H2,1-3H3. The molecule has 1 saturated heterocycles. The topological polar surface area (TPSA) is 25.2 Å². The Morgan fingerprint density at radius 1 is 1.31 bits per heavy atom. The molecule has 1 aromatic rings. The largest absolute Gasteiger partial charge is 0.352 e. The fourth-order valence-corrected chi connectivity index (χ4v) is 2.35. The van der Waals surface area contributed by atoms with Crippen LogP contribution in [-0.4, -0.2) is 28.5 Å². The number of rotatable bonds is 2. The zero-order valence-corrected chi connectivity index (χ0v) is 10.4. The number of aryl methyl sites for hydroxylation is 1. The highest BCUT2D eigenvalue weighted by Crippen LogP contribution is 2.16. The summed E-state index contributed by atoms with van der Waals surface area (Å²) >= 11 is 0. The van der Waals surface area contributed by atoms with Gasteiger partial charge >= 0.3 is 0 Å². The quantitative estimate of drug-likeness (QED) is 0.746. The first kappa shape index (κ1) is 11.2. The SMILES string of the molecule is Cc1cc(CC(=O)N2CCCC2)c(C)n1C. The van der Waals surface area contributed by atoms with Gasteiger partial charge in [-0.2, -0.15) is 0 Å². The van der Waals surface area contributed by atoms with E-state index in [9.17, 15) is 4.79 Å². The van der Waals surface area contributed by atoms with E-state index in [0.717, 1.165) is 13.1 Å². The Kier molecular flexibility index (Phi) is 3.03. The van der Waals surface area contributed by atoms with Gasteiger partial charge in [-0.05, 0) is 38.3 Å². The van der Waals surface area contributed by atoms with Crippen molar-refractivity contribution in [1.29, 1.82) is 0 Å². The second kappa shape index (κ2) is 4.32. The Labute approximate surface area is 97.1 Å². The first-order chi connectivity index (χ1) is 7.59. The maximum atomic E-state index is 12.0. The van der Waals surface area contributed by atoms with Gasteiger partial charge in [-0.25, -0.2) is 0 Å².